The summed E-state index contributed by atoms with van der Waals surface area (Å²) in [6.45, 7) is 1.91. The number of carbonyl (C=O) groups is 2. The van der Waals surface area contributed by atoms with Crippen LogP contribution in [-0.4, -0.2) is 16.9 Å². The smallest absolute Gasteiger partial charge is 0.328 e. The molecule has 4 heteroatoms. The number of rotatable bonds is 3. The van der Waals surface area contributed by atoms with Crippen LogP contribution in [0.3, 0.4) is 0 Å². The van der Waals surface area contributed by atoms with Crippen LogP contribution in [0.4, 0.5) is 0 Å². The van der Waals surface area contributed by atoms with Gasteiger partial charge in [-0.3, -0.25) is 4.79 Å². The van der Waals surface area contributed by atoms with E-state index in [0.717, 1.165) is 17.7 Å². The molecule has 0 radical (unpaired) electrons. The van der Waals surface area contributed by atoms with Gasteiger partial charge in [0.2, 0.25) is 0 Å². The van der Waals surface area contributed by atoms with Crippen molar-refractivity contribution >= 4 is 27.7 Å². The molecule has 0 aliphatic heterocycles. The molecule has 1 N–H and O–H groups in total. The summed E-state index contributed by atoms with van der Waals surface area (Å²) in [4.78, 5) is 21.7. The molecule has 0 amide bonds. The molecule has 0 aliphatic rings. The fraction of sp³-hybridized carbons (Fsp3) is 0.0909. The van der Waals surface area contributed by atoms with Crippen LogP contribution >= 0.6 is 15.9 Å². The zero-order chi connectivity index (χ0) is 11.4. The van der Waals surface area contributed by atoms with E-state index in [2.05, 4.69) is 15.9 Å². The van der Waals surface area contributed by atoms with Gasteiger partial charge in [-0.1, -0.05) is 22.0 Å². The lowest BCUT2D eigenvalue weighted by Crippen LogP contribution is -1.98. The number of aliphatic carboxylic acids is 1. The third kappa shape index (κ3) is 3.32. The Morgan fingerprint density at radius 3 is 2.53 bits per heavy atom. The van der Waals surface area contributed by atoms with Gasteiger partial charge in [-0.25, -0.2) is 4.79 Å². The van der Waals surface area contributed by atoms with Crippen molar-refractivity contribution in [2.45, 2.75) is 6.92 Å². The van der Waals surface area contributed by atoms with Crippen molar-refractivity contribution in [3.63, 3.8) is 0 Å². The van der Waals surface area contributed by atoms with Gasteiger partial charge in [-0.05, 0) is 30.7 Å². The van der Waals surface area contributed by atoms with Crippen LogP contribution in [0.2, 0.25) is 0 Å². The molecular formula is C11H9BrO3. The topological polar surface area (TPSA) is 54.4 Å². The quantitative estimate of drug-likeness (QED) is 0.677. The number of carbonyl (C=O) groups excluding carboxylic acids is 1. The average Bonchev–Trinajstić information content (AvgIpc) is 2.14. The highest BCUT2D eigenvalue weighted by Crippen LogP contribution is 2.19. The van der Waals surface area contributed by atoms with Crippen molar-refractivity contribution in [1.82, 2.24) is 0 Å². The highest BCUT2D eigenvalue weighted by molar-refractivity contribution is 9.10. The summed E-state index contributed by atoms with van der Waals surface area (Å²) in [5.41, 5.74) is 1.48. The van der Waals surface area contributed by atoms with Gasteiger partial charge in [0, 0.05) is 16.1 Å². The molecular weight excluding hydrogens is 260 g/mol. The minimum atomic E-state index is -1.13. The zero-order valence-corrected chi connectivity index (χ0v) is 9.61. The summed E-state index contributed by atoms with van der Waals surface area (Å²) < 4.78 is 0.669. The molecule has 0 spiro atoms. The monoisotopic (exact) mass is 268 g/mol. The molecule has 1 aromatic rings. The number of carboxylic acids is 1. The fourth-order valence-corrected chi connectivity index (χ4v) is 1.75. The van der Waals surface area contributed by atoms with E-state index in [0.29, 0.717) is 10.0 Å². The molecule has 0 bridgehead atoms. The first kappa shape index (κ1) is 11.7. The van der Waals surface area contributed by atoms with E-state index in [4.69, 9.17) is 5.11 Å². The van der Waals surface area contributed by atoms with Crippen molar-refractivity contribution in [2.24, 2.45) is 0 Å². The summed E-state index contributed by atoms with van der Waals surface area (Å²) in [5.74, 6) is -1.46. The zero-order valence-electron chi connectivity index (χ0n) is 8.03. The van der Waals surface area contributed by atoms with Crippen molar-refractivity contribution < 1.29 is 14.7 Å². The predicted molar refractivity (Wildman–Crippen MR) is 60.0 cm³/mol. The molecule has 0 atom stereocenters. The number of halogens is 1. The Bertz CT molecular complexity index is 435. The lowest BCUT2D eigenvalue weighted by atomic mass is 10.1. The summed E-state index contributed by atoms with van der Waals surface area (Å²) in [7, 11) is 0. The molecule has 0 saturated carbocycles. The van der Waals surface area contributed by atoms with Crippen LogP contribution in [0.25, 0.3) is 0 Å². The van der Waals surface area contributed by atoms with Crippen LogP contribution in [0.15, 0.2) is 34.8 Å². The second kappa shape index (κ2) is 4.89. The highest BCUT2D eigenvalue weighted by Gasteiger charge is 2.06. The summed E-state index contributed by atoms with van der Waals surface area (Å²) in [6, 6.07) is 5.27. The Hall–Kier alpha value is -1.42. The first-order chi connectivity index (χ1) is 7.00. The van der Waals surface area contributed by atoms with E-state index >= 15 is 0 Å². The number of aryl methyl sites for hydroxylation is 1. The van der Waals surface area contributed by atoms with Gasteiger partial charge < -0.3 is 5.11 Å². The molecule has 0 fully saturated rings. The third-order valence-electron chi connectivity index (χ3n) is 1.77. The van der Waals surface area contributed by atoms with Crippen molar-refractivity contribution in [2.75, 3.05) is 0 Å². The second-order valence-corrected chi connectivity index (χ2v) is 3.87. The van der Waals surface area contributed by atoms with E-state index in [1.165, 1.54) is 0 Å². The molecule has 1 aromatic carbocycles. The number of ketones is 1. The Morgan fingerprint density at radius 2 is 2.00 bits per heavy atom. The van der Waals surface area contributed by atoms with Crippen molar-refractivity contribution in [3.8, 4) is 0 Å². The van der Waals surface area contributed by atoms with Crippen LogP contribution in [-0.2, 0) is 4.79 Å². The molecule has 0 aliphatic carbocycles. The number of allylic oxidation sites excluding steroid dienone is 1. The molecule has 3 nitrogen and oxygen atoms in total. The van der Waals surface area contributed by atoms with Gasteiger partial charge >= 0.3 is 5.97 Å². The second-order valence-electron chi connectivity index (χ2n) is 3.02. The van der Waals surface area contributed by atoms with E-state index < -0.39 is 5.97 Å². The SMILES string of the molecule is Cc1ccc(C(=O)C=CC(=O)O)c(Br)c1. The molecule has 0 aromatic heterocycles. The first-order valence-electron chi connectivity index (χ1n) is 4.22. The number of benzene rings is 1. The van der Waals surface area contributed by atoms with Gasteiger partial charge in [0.25, 0.3) is 0 Å². The number of hydrogen-bond acceptors (Lipinski definition) is 2. The normalized spacial score (nSPS) is 10.5. The highest BCUT2D eigenvalue weighted by atomic mass is 79.9. The van der Waals surface area contributed by atoms with Gasteiger partial charge in [0.05, 0.1) is 0 Å². The minimum absolute atomic E-state index is 0.329. The maximum Gasteiger partial charge on any atom is 0.328 e. The Balaban J connectivity index is 2.97. The van der Waals surface area contributed by atoms with Gasteiger partial charge in [-0.15, -0.1) is 0 Å². The van der Waals surface area contributed by atoms with Crippen molar-refractivity contribution in [1.29, 1.82) is 0 Å². The van der Waals surface area contributed by atoms with Crippen LogP contribution < -0.4 is 0 Å². The van der Waals surface area contributed by atoms with Crippen LogP contribution in [0, 0.1) is 6.92 Å². The Morgan fingerprint density at radius 1 is 1.33 bits per heavy atom. The maximum atomic E-state index is 11.5. The van der Waals surface area contributed by atoms with E-state index in [-0.39, 0.29) is 5.78 Å². The maximum absolute atomic E-state index is 11.5. The molecule has 0 heterocycles. The summed E-state index contributed by atoms with van der Waals surface area (Å²) >= 11 is 3.25. The lowest BCUT2D eigenvalue weighted by molar-refractivity contribution is -0.131. The molecule has 15 heavy (non-hydrogen) atoms. The van der Waals surface area contributed by atoms with Crippen LogP contribution in [0.5, 0.6) is 0 Å². The van der Waals surface area contributed by atoms with Crippen molar-refractivity contribution in [3.05, 3.63) is 46.0 Å². The van der Waals surface area contributed by atoms with Gasteiger partial charge in [0.1, 0.15) is 0 Å². The Kier molecular flexibility index (Phi) is 3.80. The third-order valence-corrected chi connectivity index (χ3v) is 2.42. The molecule has 0 saturated heterocycles. The standard InChI is InChI=1S/C11H9BrO3/c1-7-2-3-8(9(12)6-7)10(13)4-5-11(14)15/h2-6H,1H3,(H,14,15). The van der Waals surface area contributed by atoms with E-state index in [9.17, 15) is 9.59 Å². The minimum Gasteiger partial charge on any atom is -0.478 e. The number of carboxylic acid groups (broad SMARTS) is 1. The molecule has 0 unspecified atom stereocenters. The number of hydrogen-bond donors (Lipinski definition) is 1. The Labute approximate surface area is 95.6 Å². The fourth-order valence-electron chi connectivity index (χ4n) is 1.06. The predicted octanol–water partition coefficient (Wildman–Crippen LogP) is 2.58. The first-order valence-corrected chi connectivity index (χ1v) is 5.01. The van der Waals surface area contributed by atoms with E-state index in [1.807, 2.05) is 13.0 Å². The van der Waals surface area contributed by atoms with E-state index in [1.54, 1.807) is 12.1 Å². The molecule has 1 rings (SSSR count). The lowest BCUT2D eigenvalue weighted by Gasteiger charge is -2.00. The largest absolute Gasteiger partial charge is 0.478 e. The molecule has 78 valence electrons. The van der Waals surface area contributed by atoms with Gasteiger partial charge in [-0.2, -0.15) is 0 Å². The average molecular weight is 269 g/mol. The summed E-state index contributed by atoms with van der Waals surface area (Å²) in [5, 5.41) is 8.37. The van der Waals surface area contributed by atoms with Crippen LogP contribution in [0.1, 0.15) is 15.9 Å². The summed E-state index contributed by atoms with van der Waals surface area (Å²) in [6.07, 6.45) is 1.87. The van der Waals surface area contributed by atoms with Gasteiger partial charge in [0.15, 0.2) is 5.78 Å².